The number of carbonyl (C=O) groups excluding carboxylic acids is 1. The summed E-state index contributed by atoms with van der Waals surface area (Å²) >= 11 is 0. The summed E-state index contributed by atoms with van der Waals surface area (Å²) in [6, 6.07) is 6.84. The fourth-order valence-corrected chi connectivity index (χ4v) is 4.09. The second-order valence-corrected chi connectivity index (χ2v) is 8.48. The van der Waals surface area contributed by atoms with Crippen LogP contribution >= 0.6 is 0 Å². The fourth-order valence-electron chi connectivity index (χ4n) is 4.09. The predicted octanol–water partition coefficient (Wildman–Crippen LogP) is 2.92. The minimum absolute atomic E-state index is 0.0385. The van der Waals surface area contributed by atoms with Gasteiger partial charge in [0.2, 0.25) is 0 Å². The lowest BCUT2D eigenvalue weighted by Crippen LogP contribution is -2.39. The number of carbonyl (C=O) groups is 1. The molecule has 0 aliphatic heterocycles. The second-order valence-electron chi connectivity index (χ2n) is 8.48. The van der Waals surface area contributed by atoms with Crippen molar-refractivity contribution >= 4 is 22.9 Å². The molecule has 10 heteroatoms. The number of fused-ring (bicyclic) bond motifs is 1. The second kappa shape index (κ2) is 9.13. The summed E-state index contributed by atoms with van der Waals surface area (Å²) in [5, 5.41) is 0. The molecule has 1 saturated carbocycles. The summed E-state index contributed by atoms with van der Waals surface area (Å²) in [5.41, 5.74) is 1.07. The third-order valence-electron chi connectivity index (χ3n) is 5.93. The molecule has 4 aromatic rings. The Hall–Kier alpha value is -4.34. The lowest BCUT2D eigenvalue weighted by molar-refractivity contribution is 0.0988. The third-order valence-corrected chi connectivity index (χ3v) is 5.93. The van der Waals surface area contributed by atoms with Gasteiger partial charge in [0.1, 0.15) is 17.2 Å². The fraction of sp³-hybridized carbons (Fsp3) is 0.280. The van der Waals surface area contributed by atoms with E-state index >= 15 is 0 Å². The van der Waals surface area contributed by atoms with Gasteiger partial charge in [-0.05, 0) is 43.5 Å². The molecule has 5 rings (SSSR count). The number of hydrogen-bond donors (Lipinski definition) is 1. The van der Waals surface area contributed by atoms with Crippen LogP contribution < -0.4 is 16.1 Å². The number of nitrogens with zero attached hydrogens (tertiary/aromatic N) is 6. The van der Waals surface area contributed by atoms with Crippen molar-refractivity contribution < 1.29 is 4.79 Å². The van der Waals surface area contributed by atoms with Gasteiger partial charge < -0.3 is 4.98 Å². The third kappa shape index (κ3) is 4.07. The van der Waals surface area contributed by atoms with Crippen molar-refractivity contribution in [2.24, 2.45) is 0 Å². The van der Waals surface area contributed by atoms with Crippen LogP contribution in [0.4, 0.5) is 5.82 Å². The number of anilines is 1. The van der Waals surface area contributed by atoms with E-state index in [1.807, 2.05) is 6.92 Å². The molecule has 1 amide bonds. The van der Waals surface area contributed by atoms with E-state index in [2.05, 4.69) is 26.5 Å². The van der Waals surface area contributed by atoms with Crippen molar-refractivity contribution in [2.45, 2.75) is 38.8 Å². The average molecular weight is 472 g/mol. The molecule has 1 aliphatic rings. The molecule has 4 aromatic heterocycles. The highest BCUT2D eigenvalue weighted by molar-refractivity contribution is 6.05. The van der Waals surface area contributed by atoms with Crippen molar-refractivity contribution in [2.75, 3.05) is 11.4 Å². The number of pyridine rings is 2. The Bertz CT molecular complexity index is 1510. The molecule has 0 bridgehead atoms. The predicted molar refractivity (Wildman–Crippen MR) is 133 cm³/mol. The summed E-state index contributed by atoms with van der Waals surface area (Å²) in [4.78, 5) is 56.7. The smallest absolute Gasteiger partial charge is 0.332 e. The van der Waals surface area contributed by atoms with Crippen LogP contribution in [0.2, 0.25) is 0 Å². The van der Waals surface area contributed by atoms with Crippen molar-refractivity contribution in [3.05, 3.63) is 81.9 Å². The standard InChI is InChI=1S/C25H25N7O3/c1-3-12-30(23(33)17-6-5-11-26-14-17)19-10-7-16(15-27-19)21-28-20-22(29-21)31(13-4-2)25(35)32(24(20)34)18-8-9-18/h3,5-7,10-11,14-15,18H,1,4,8-9,12-13H2,2H3,(H,28,29). The lowest BCUT2D eigenvalue weighted by Gasteiger charge is -2.20. The zero-order valence-electron chi connectivity index (χ0n) is 19.3. The molecule has 4 heterocycles. The van der Waals surface area contributed by atoms with Crippen LogP contribution in [0.5, 0.6) is 0 Å². The van der Waals surface area contributed by atoms with Crippen LogP contribution in [-0.2, 0) is 6.54 Å². The highest BCUT2D eigenvalue weighted by Crippen LogP contribution is 2.32. The molecule has 178 valence electrons. The molecule has 0 radical (unpaired) electrons. The topological polar surface area (TPSA) is 119 Å². The summed E-state index contributed by atoms with van der Waals surface area (Å²) in [6.45, 7) is 6.46. The number of nitrogens with one attached hydrogen (secondary N) is 1. The maximum Gasteiger partial charge on any atom is 0.333 e. The van der Waals surface area contributed by atoms with Crippen molar-refractivity contribution in [1.29, 1.82) is 0 Å². The zero-order chi connectivity index (χ0) is 24.5. The van der Waals surface area contributed by atoms with Gasteiger partial charge >= 0.3 is 5.69 Å². The summed E-state index contributed by atoms with van der Waals surface area (Å²) < 4.78 is 2.91. The number of imidazole rings is 1. The van der Waals surface area contributed by atoms with Gasteiger partial charge in [0, 0.05) is 43.3 Å². The van der Waals surface area contributed by atoms with Crippen molar-refractivity contribution in [3.8, 4) is 11.4 Å². The van der Waals surface area contributed by atoms with Crippen LogP contribution in [0.1, 0.15) is 42.6 Å². The van der Waals surface area contributed by atoms with Gasteiger partial charge in [-0.1, -0.05) is 13.0 Å². The molecule has 1 N–H and O–H groups in total. The Morgan fingerprint density at radius 1 is 1.26 bits per heavy atom. The van der Waals surface area contributed by atoms with Crippen LogP contribution in [0.25, 0.3) is 22.6 Å². The SMILES string of the molecule is C=CCN(C(=O)c1cccnc1)c1ccc(-c2nc3c([nH]2)c(=O)n(C2CC2)c(=O)n3CCC)cn1. The minimum Gasteiger partial charge on any atom is -0.332 e. The van der Waals surface area contributed by atoms with Gasteiger partial charge in [-0.3, -0.25) is 28.6 Å². The van der Waals surface area contributed by atoms with Gasteiger partial charge in [0.15, 0.2) is 5.65 Å². The number of aromatic nitrogens is 6. The molecule has 0 atom stereocenters. The molecule has 35 heavy (non-hydrogen) atoms. The molecule has 10 nitrogen and oxygen atoms in total. The van der Waals surface area contributed by atoms with Gasteiger partial charge in [-0.2, -0.15) is 0 Å². The molecule has 0 spiro atoms. The Labute approximate surface area is 200 Å². The molecular formula is C25H25N7O3. The molecule has 1 fully saturated rings. The Morgan fingerprint density at radius 3 is 2.71 bits per heavy atom. The summed E-state index contributed by atoms with van der Waals surface area (Å²) in [5.74, 6) is 0.631. The van der Waals surface area contributed by atoms with E-state index in [-0.39, 0.29) is 29.7 Å². The van der Waals surface area contributed by atoms with Crippen molar-refractivity contribution in [3.63, 3.8) is 0 Å². The van der Waals surface area contributed by atoms with E-state index in [0.29, 0.717) is 40.5 Å². The van der Waals surface area contributed by atoms with E-state index in [1.165, 1.54) is 15.7 Å². The van der Waals surface area contributed by atoms with Gasteiger partial charge in [-0.25, -0.2) is 14.8 Å². The number of H-pyrrole nitrogens is 1. The van der Waals surface area contributed by atoms with Gasteiger partial charge in [0.25, 0.3) is 11.5 Å². The quantitative estimate of drug-likeness (QED) is 0.395. The number of amides is 1. The first-order valence-corrected chi connectivity index (χ1v) is 11.6. The van der Waals surface area contributed by atoms with Crippen molar-refractivity contribution in [1.82, 2.24) is 29.1 Å². The van der Waals surface area contributed by atoms with Crippen LogP contribution in [0, 0.1) is 0 Å². The van der Waals surface area contributed by atoms with Crippen LogP contribution in [0.3, 0.4) is 0 Å². The monoisotopic (exact) mass is 471 g/mol. The van der Waals surface area contributed by atoms with Gasteiger partial charge in [-0.15, -0.1) is 6.58 Å². The highest BCUT2D eigenvalue weighted by atomic mass is 16.2. The van der Waals surface area contributed by atoms with Gasteiger partial charge in [0.05, 0.1) is 5.56 Å². The average Bonchev–Trinajstić information content (AvgIpc) is 3.62. The zero-order valence-corrected chi connectivity index (χ0v) is 19.3. The largest absolute Gasteiger partial charge is 0.333 e. The van der Waals surface area contributed by atoms with E-state index in [4.69, 9.17) is 0 Å². The Kier molecular flexibility index (Phi) is 5.86. The Morgan fingerprint density at radius 2 is 2.09 bits per heavy atom. The first-order chi connectivity index (χ1) is 17.0. The first kappa shape index (κ1) is 22.5. The number of hydrogen-bond acceptors (Lipinski definition) is 6. The van der Waals surface area contributed by atoms with E-state index in [0.717, 1.165) is 19.3 Å². The Balaban J connectivity index is 1.53. The maximum absolute atomic E-state index is 13.1. The molecule has 0 unspecified atom stereocenters. The number of aryl methyl sites for hydroxylation is 1. The number of rotatable bonds is 8. The highest BCUT2D eigenvalue weighted by Gasteiger charge is 2.30. The molecule has 1 aliphatic carbocycles. The molecule has 0 aromatic carbocycles. The van der Waals surface area contributed by atoms with Crippen LogP contribution in [0.15, 0.2) is 65.1 Å². The van der Waals surface area contributed by atoms with E-state index in [9.17, 15) is 14.4 Å². The molecule has 0 saturated heterocycles. The summed E-state index contributed by atoms with van der Waals surface area (Å²) in [7, 11) is 0. The number of aromatic amines is 1. The van der Waals surface area contributed by atoms with E-state index < -0.39 is 0 Å². The summed E-state index contributed by atoms with van der Waals surface area (Å²) in [6.07, 6.45) is 8.72. The molecular weight excluding hydrogens is 446 g/mol. The van der Waals surface area contributed by atoms with Crippen LogP contribution in [-0.4, -0.2) is 41.5 Å². The lowest BCUT2D eigenvalue weighted by atomic mass is 10.2. The van der Waals surface area contributed by atoms with E-state index in [1.54, 1.807) is 47.3 Å². The first-order valence-electron chi connectivity index (χ1n) is 11.6. The normalized spacial score (nSPS) is 13.2. The minimum atomic E-state index is -0.345. The maximum atomic E-state index is 13.1.